The highest BCUT2D eigenvalue weighted by Gasteiger charge is 1.82. The highest BCUT2D eigenvalue weighted by molar-refractivity contribution is 6.27. The molecule has 0 saturated heterocycles. The van der Waals surface area contributed by atoms with Crippen molar-refractivity contribution in [2.75, 3.05) is 13.2 Å². The van der Waals surface area contributed by atoms with Gasteiger partial charge in [0, 0.05) is 6.61 Å². The Morgan fingerprint density at radius 3 is 2.88 bits per heavy atom. The molecule has 0 aromatic heterocycles. The van der Waals surface area contributed by atoms with Crippen LogP contribution >= 0.6 is 0 Å². The van der Waals surface area contributed by atoms with Gasteiger partial charge in [-0.1, -0.05) is 0 Å². The van der Waals surface area contributed by atoms with Crippen molar-refractivity contribution in [1.82, 2.24) is 0 Å². The molecule has 0 aliphatic rings. The van der Waals surface area contributed by atoms with Crippen LogP contribution in [-0.4, -0.2) is 33.6 Å². The quantitative estimate of drug-likeness (QED) is 0.353. The zero-order valence-corrected chi connectivity index (χ0v) is 8.64. The lowest BCUT2D eigenvalue weighted by Crippen LogP contribution is -2.08. The summed E-state index contributed by atoms with van der Waals surface area (Å²) in [7, 11) is 0.220. The smallest absolute Gasteiger partial charge is 0.293 e. The maximum Gasteiger partial charge on any atom is 0.293 e. The van der Waals surface area contributed by atoms with Crippen LogP contribution in [0.3, 0.4) is 0 Å². The molecule has 0 rings (SSSR count). The molecule has 8 heavy (non-hydrogen) atoms. The van der Waals surface area contributed by atoms with Crippen molar-refractivity contribution in [3.63, 3.8) is 0 Å². The lowest BCUT2D eigenvalue weighted by Gasteiger charge is -1.98. The molecule has 2 N–H and O–H groups in total. The Kier molecular flexibility index (Phi) is 7.60. The van der Waals surface area contributed by atoms with Gasteiger partial charge >= 0.3 is 0 Å². The highest BCUT2D eigenvalue weighted by Crippen LogP contribution is 1.75. The topological polar surface area (TPSA) is 44.5 Å². The van der Waals surface area contributed by atoms with E-state index in [-0.39, 0.29) is 0 Å². The molecule has 0 fully saturated rings. The zero-order chi connectivity index (χ0) is 6.24. The van der Waals surface area contributed by atoms with Crippen molar-refractivity contribution < 1.29 is 8.54 Å². The second-order valence-electron chi connectivity index (χ2n) is 1.46. The molecular weight excluding hydrogens is 138 g/mol. The average molecular weight is 151 g/mol. The van der Waals surface area contributed by atoms with Gasteiger partial charge in [0.05, 0.1) is 0 Å². The number of nitrogens with two attached hydrogens (primary N) is 1. The van der Waals surface area contributed by atoms with Gasteiger partial charge in [-0.15, -0.1) is 0 Å². The van der Waals surface area contributed by atoms with Crippen LogP contribution in [0.5, 0.6) is 0 Å². The fraction of sp³-hybridized carbons (Fsp3) is 1.00. The summed E-state index contributed by atoms with van der Waals surface area (Å²) < 4.78 is 10.00. The van der Waals surface area contributed by atoms with Gasteiger partial charge in [-0.2, -0.15) is 0 Å². The van der Waals surface area contributed by atoms with E-state index in [0.29, 0.717) is 0 Å². The Morgan fingerprint density at radius 2 is 2.38 bits per heavy atom. The van der Waals surface area contributed by atoms with E-state index >= 15 is 0 Å². The van der Waals surface area contributed by atoms with Gasteiger partial charge < -0.3 is 14.3 Å². The summed E-state index contributed by atoms with van der Waals surface area (Å²) in [5.74, 6) is 0. The summed E-state index contributed by atoms with van der Waals surface area (Å²) >= 11 is 0. The molecule has 0 atom stereocenters. The van der Waals surface area contributed by atoms with Crippen LogP contribution in [0.2, 0.25) is 0 Å². The lowest BCUT2D eigenvalue weighted by molar-refractivity contribution is 0.291. The standard InChI is InChI=1S/C3H13NO2Si2/c4-2-1-3-5-8-6-7/h1-4,8H2,7H3. The van der Waals surface area contributed by atoms with Crippen molar-refractivity contribution >= 4 is 20.5 Å². The molecule has 0 unspecified atom stereocenters. The van der Waals surface area contributed by atoms with Gasteiger partial charge in [0.2, 0.25) is 0 Å². The summed E-state index contributed by atoms with van der Waals surface area (Å²) in [5, 5.41) is 0. The summed E-state index contributed by atoms with van der Waals surface area (Å²) in [4.78, 5) is 0. The minimum Gasteiger partial charge on any atom is -0.449 e. The minimum absolute atomic E-state index is 0.592. The Labute approximate surface area is 55.2 Å². The molecule has 0 aliphatic carbocycles. The van der Waals surface area contributed by atoms with E-state index < -0.39 is 10.0 Å². The lowest BCUT2D eigenvalue weighted by atomic mass is 10.5. The van der Waals surface area contributed by atoms with Crippen molar-refractivity contribution in [2.45, 2.75) is 6.42 Å². The first-order valence-corrected chi connectivity index (χ1v) is 4.65. The number of rotatable bonds is 5. The first kappa shape index (κ1) is 8.31. The third-order valence-electron chi connectivity index (χ3n) is 0.694. The maximum absolute atomic E-state index is 5.21. The fourth-order valence-electron chi connectivity index (χ4n) is 0.328. The van der Waals surface area contributed by atoms with Gasteiger partial charge in [0.1, 0.15) is 10.5 Å². The first-order valence-electron chi connectivity index (χ1n) is 2.68. The molecule has 0 aliphatic heterocycles. The van der Waals surface area contributed by atoms with Crippen LogP contribution in [-0.2, 0) is 8.54 Å². The van der Waals surface area contributed by atoms with E-state index in [9.17, 15) is 0 Å². The Morgan fingerprint density at radius 1 is 1.62 bits per heavy atom. The fourth-order valence-corrected chi connectivity index (χ4v) is 1.32. The van der Waals surface area contributed by atoms with Gasteiger partial charge in [-0.3, -0.25) is 0 Å². The largest absolute Gasteiger partial charge is 0.449 e. The second-order valence-corrected chi connectivity index (χ2v) is 4.41. The molecule has 0 radical (unpaired) electrons. The monoisotopic (exact) mass is 151 g/mol. The third kappa shape index (κ3) is 6.31. The van der Waals surface area contributed by atoms with E-state index in [1.165, 1.54) is 0 Å². The molecule has 0 spiro atoms. The summed E-state index contributed by atoms with van der Waals surface area (Å²) in [6, 6.07) is 0. The molecular formula is C3H13NO2Si2. The molecule has 0 aromatic carbocycles. The SMILES string of the molecule is NCCCO[SiH2]O[SiH3]. The van der Waals surface area contributed by atoms with E-state index in [2.05, 4.69) is 0 Å². The molecule has 0 aromatic rings. The van der Waals surface area contributed by atoms with Crippen LogP contribution in [0.25, 0.3) is 0 Å². The normalized spacial score (nSPS) is 11.6. The van der Waals surface area contributed by atoms with Crippen LogP contribution in [0, 0.1) is 0 Å². The predicted molar refractivity (Wildman–Crippen MR) is 39.2 cm³/mol. The van der Waals surface area contributed by atoms with Crippen molar-refractivity contribution in [1.29, 1.82) is 0 Å². The molecule has 5 heteroatoms. The Bertz CT molecular complexity index is 40.3. The second kappa shape index (κ2) is 7.31. The van der Waals surface area contributed by atoms with Crippen LogP contribution < -0.4 is 5.73 Å². The van der Waals surface area contributed by atoms with Crippen LogP contribution in [0.15, 0.2) is 0 Å². The maximum atomic E-state index is 5.21. The summed E-state index contributed by atoms with van der Waals surface area (Å²) in [5.41, 5.74) is 5.21. The Balaban J connectivity index is 2.53. The van der Waals surface area contributed by atoms with Crippen LogP contribution in [0.4, 0.5) is 0 Å². The van der Waals surface area contributed by atoms with E-state index in [4.69, 9.17) is 14.3 Å². The first-order chi connectivity index (χ1) is 3.91. The van der Waals surface area contributed by atoms with Gasteiger partial charge in [-0.05, 0) is 13.0 Å². The van der Waals surface area contributed by atoms with E-state index in [1.54, 1.807) is 0 Å². The average Bonchev–Trinajstić information content (AvgIpc) is 1.81. The third-order valence-corrected chi connectivity index (χ3v) is 2.09. The van der Waals surface area contributed by atoms with E-state index in [0.717, 1.165) is 30.1 Å². The van der Waals surface area contributed by atoms with E-state index in [1.807, 2.05) is 0 Å². The van der Waals surface area contributed by atoms with Crippen molar-refractivity contribution in [2.24, 2.45) is 5.73 Å². The van der Waals surface area contributed by atoms with Gasteiger partial charge in [-0.25, -0.2) is 0 Å². The summed E-state index contributed by atoms with van der Waals surface area (Å²) in [6.45, 7) is 1.50. The van der Waals surface area contributed by atoms with Crippen molar-refractivity contribution in [3.8, 4) is 0 Å². The molecule has 3 nitrogen and oxygen atoms in total. The molecule has 0 amide bonds. The molecule has 0 heterocycles. The minimum atomic E-state index is -0.592. The van der Waals surface area contributed by atoms with Gasteiger partial charge in [0.15, 0.2) is 0 Å². The molecule has 50 valence electrons. The molecule has 0 bridgehead atoms. The van der Waals surface area contributed by atoms with Crippen LogP contribution in [0.1, 0.15) is 6.42 Å². The van der Waals surface area contributed by atoms with Gasteiger partial charge in [0.25, 0.3) is 10.0 Å². The predicted octanol–water partition coefficient (Wildman–Crippen LogP) is -2.35. The highest BCUT2D eigenvalue weighted by atomic mass is 28.3. The summed E-state index contributed by atoms with van der Waals surface area (Å²) in [6.07, 6.45) is 0.956. The zero-order valence-electron chi connectivity index (χ0n) is 5.22. The molecule has 0 saturated carbocycles. The number of hydrogen-bond donors (Lipinski definition) is 1. The van der Waals surface area contributed by atoms with Crippen molar-refractivity contribution in [3.05, 3.63) is 0 Å². The number of hydrogen-bond acceptors (Lipinski definition) is 3. The Hall–Kier alpha value is 0.314.